The number of methoxy groups -OCH3 is 2. The number of para-hydroxylation sites is 1. The van der Waals surface area contributed by atoms with E-state index < -0.39 is 42.6 Å². The molecular formula is C44H40F3N7O5. The maximum atomic E-state index is 14.7. The number of H-pyrrole nitrogens is 1. The minimum absolute atomic E-state index is 0.0229. The lowest BCUT2D eigenvalue weighted by Crippen LogP contribution is -2.53. The summed E-state index contributed by atoms with van der Waals surface area (Å²) >= 11 is 0. The third kappa shape index (κ3) is 8.26. The predicted molar refractivity (Wildman–Crippen MR) is 213 cm³/mol. The number of carbonyl (C=O) groups excluding carboxylic acids is 2. The Morgan fingerprint density at radius 1 is 0.847 bits per heavy atom. The van der Waals surface area contributed by atoms with Crippen LogP contribution in [0, 0.1) is 0 Å². The van der Waals surface area contributed by atoms with Crippen LogP contribution in [0.5, 0.6) is 11.6 Å². The van der Waals surface area contributed by atoms with Crippen molar-refractivity contribution >= 4 is 33.9 Å². The summed E-state index contributed by atoms with van der Waals surface area (Å²) in [6.45, 7) is -0.516. The van der Waals surface area contributed by atoms with E-state index in [1.165, 1.54) is 37.3 Å². The number of nitrogens with one attached hydrogen (secondary N) is 1. The second-order valence-electron chi connectivity index (χ2n) is 14.2. The van der Waals surface area contributed by atoms with Gasteiger partial charge in [-0.1, -0.05) is 78.9 Å². The second kappa shape index (κ2) is 16.5. The number of imidazole rings is 2. The number of hydrogen-bond acceptors (Lipinski definition) is 8. The molecule has 0 bridgehead atoms. The number of aromatic nitrogens is 5. The van der Waals surface area contributed by atoms with E-state index in [1.54, 1.807) is 11.1 Å². The molecular weight excluding hydrogens is 764 g/mol. The van der Waals surface area contributed by atoms with Gasteiger partial charge in [0.1, 0.15) is 24.7 Å². The molecule has 4 heterocycles. The number of nitrogens with zero attached hydrogens (tertiary/aromatic N) is 6. The number of aromatic amines is 1. The smallest absolute Gasteiger partial charge is 0.449 e. The van der Waals surface area contributed by atoms with Crippen LogP contribution in [0.3, 0.4) is 0 Å². The number of benzene rings is 4. The molecule has 7 aromatic rings. The monoisotopic (exact) mass is 803 g/mol. The zero-order valence-electron chi connectivity index (χ0n) is 32.2. The van der Waals surface area contributed by atoms with Crippen LogP contribution in [0.15, 0.2) is 115 Å². The number of piperidine rings is 1. The number of rotatable bonds is 11. The van der Waals surface area contributed by atoms with Gasteiger partial charge in [0.05, 0.1) is 60.3 Å². The molecule has 0 spiro atoms. The number of ether oxygens (including phenoxy) is 3. The van der Waals surface area contributed by atoms with Crippen molar-refractivity contribution in [1.82, 2.24) is 34.3 Å². The van der Waals surface area contributed by atoms with Crippen molar-refractivity contribution in [2.24, 2.45) is 0 Å². The molecule has 15 heteroatoms. The van der Waals surface area contributed by atoms with Crippen molar-refractivity contribution in [3.8, 4) is 22.9 Å². The molecule has 0 radical (unpaired) electrons. The zero-order chi connectivity index (χ0) is 41.1. The molecule has 1 saturated heterocycles. The molecule has 1 fully saturated rings. The highest BCUT2D eigenvalue weighted by atomic mass is 19.4. The van der Waals surface area contributed by atoms with Crippen molar-refractivity contribution < 1.29 is 37.0 Å². The topological polar surface area (TPSA) is 128 Å². The second-order valence-corrected chi connectivity index (χ2v) is 14.2. The molecule has 1 aliphatic rings. The fraction of sp³-hybridized carbons (Fsp3) is 0.250. The molecule has 3 aromatic heterocycles. The van der Waals surface area contributed by atoms with Gasteiger partial charge < -0.3 is 28.7 Å². The van der Waals surface area contributed by atoms with E-state index in [9.17, 15) is 22.8 Å². The molecule has 4 aromatic carbocycles. The Labute approximate surface area is 337 Å². The highest BCUT2D eigenvalue weighted by molar-refractivity contribution is 5.86. The average molecular weight is 804 g/mol. The van der Waals surface area contributed by atoms with Gasteiger partial charge >= 0.3 is 12.3 Å². The van der Waals surface area contributed by atoms with Gasteiger partial charge in [-0.05, 0) is 48.2 Å². The van der Waals surface area contributed by atoms with E-state index in [4.69, 9.17) is 19.2 Å². The first-order chi connectivity index (χ1) is 28.6. The highest BCUT2D eigenvalue weighted by Gasteiger charge is 2.41. The third-order valence-corrected chi connectivity index (χ3v) is 10.5. The van der Waals surface area contributed by atoms with Crippen LogP contribution in [-0.2, 0) is 35.4 Å². The van der Waals surface area contributed by atoms with Crippen LogP contribution in [0.1, 0.15) is 41.7 Å². The Morgan fingerprint density at radius 3 is 2.31 bits per heavy atom. The van der Waals surface area contributed by atoms with E-state index in [1.807, 2.05) is 91.0 Å². The van der Waals surface area contributed by atoms with E-state index in [0.29, 0.717) is 41.6 Å². The van der Waals surface area contributed by atoms with Crippen molar-refractivity contribution in [1.29, 1.82) is 0 Å². The lowest BCUT2D eigenvalue weighted by Gasteiger charge is -2.43. The van der Waals surface area contributed by atoms with E-state index in [0.717, 1.165) is 26.6 Å². The lowest BCUT2D eigenvalue weighted by atomic mass is 9.96. The first kappa shape index (κ1) is 38.9. The molecule has 8 rings (SSSR count). The minimum atomic E-state index is -4.87. The summed E-state index contributed by atoms with van der Waals surface area (Å²) < 4.78 is 61.3. The number of hydrogen-bond donors (Lipinski definition) is 1. The van der Waals surface area contributed by atoms with Crippen LogP contribution in [0.2, 0.25) is 0 Å². The zero-order valence-corrected chi connectivity index (χ0v) is 32.2. The van der Waals surface area contributed by atoms with E-state index in [2.05, 4.69) is 15.0 Å². The predicted octanol–water partition coefficient (Wildman–Crippen LogP) is 8.58. The van der Waals surface area contributed by atoms with Crippen LogP contribution < -0.4 is 9.47 Å². The Bertz CT molecular complexity index is 2600. The SMILES string of the molecule is COc1ccc2nc(C(F)(F)F)n(CC(=O)N3C[C@H](N(Cc4ccccc4)C(=O)OCc4ccccc4)CC[C@H]3c3ncc(-c4cc5ccccc5nc4OC)[nH]3)c2c1. The van der Waals surface area contributed by atoms with E-state index in [-0.39, 0.29) is 30.7 Å². The minimum Gasteiger partial charge on any atom is -0.497 e. The summed E-state index contributed by atoms with van der Waals surface area (Å²) in [5, 5.41) is 0.874. The normalized spacial score (nSPS) is 15.6. The van der Waals surface area contributed by atoms with Crippen molar-refractivity contribution in [3.05, 3.63) is 138 Å². The molecule has 0 saturated carbocycles. The fourth-order valence-electron chi connectivity index (χ4n) is 7.61. The van der Waals surface area contributed by atoms with Crippen LogP contribution >= 0.6 is 0 Å². The van der Waals surface area contributed by atoms with Crippen LogP contribution in [-0.4, -0.2) is 73.1 Å². The average Bonchev–Trinajstić information content (AvgIpc) is 3.90. The van der Waals surface area contributed by atoms with Crippen molar-refractivity contribution in [2.75, 3.05) is 20.8 Å². The number of likely N-dealkylation sites (tertiary alicyclic amines) is 1. The van der Waals surface area contributed by atoms with Crippen LogP contribution in [0.25, 0.3) is 33.2 Å². The van der Waals surface area contributed by atoms with Gasteiger partial charge in [-0.3, -0.25) is 9.69 Å². The van der Waals surface area contributed by atoms with E-state index >= 15 is 0 Å². The first-order valence-corrected chi connectivity index (χ1v) is 19.0. The summed E-state index contributed by atoms with van der Waals surface area (Å²) in [7, 11) is 2.93. The number of carbonyl (C=O) groups is 2. The largest absolute Gasteiger partial charge is 0.497 e. The van der Waals surface area contributed by atoms with Crippen molar-refractivity contribution in [3.63, 3.8) is 0 Å². The summed E-state index contributed by atoms with van der Waals surface area (Å²) in [6, 6.07) is 31.3. The van der Waals surface area contributed by atoms with Gasteiger partial charge in [-0.25, -0.2) is 19.7 Å². The molecule has 12 nitrogen and oxygen atoms in total. The molecule has 2 amide bonds. The molecule has 1 aliphatic heterocycles. The Hall–Kier alpha value is -6.90. The van der Waals surface area contributed by atoms with Gasteiger partial charge in [0.2, 0.25) is 17.6 Å². The van der Waals surface area contributed by atoms with Gasteiger partial charge in [0, 0.05) is 24.5 Å². The molecule has 0 unspecified atom stereocenters. The Balaban J connectivity index is 1.16. The lowest BCUT2D eigenvalue weighted by molar-refractivity contribution is -0.148. The maximum Gasteiger partial charge on any atom is 0.449 e. The number of halogens is 3. The Kier molecular flexibility index (Phi) is 10.9. The quantitative estimate of drug-likeness (QED) is 0.138. The molecule has 0 aliphatic carbocycles. The highest BCUT2D eigenvalue weighted by Crippen LogP contribution is 2.38. The molecule has 302 valence electrons. The summed E-state index contributed by atoms with van der Waals surface area (Å²) in [5.41, 5.74) is 3.74. The summed E-state index contributed by atoms with van der Waals surface area (Å²) in [4.78, 5) is 48.4. The first-order valence-electron chi connectivity index (χ1n) is 19.0. The van der Waals surface area contributed by atoms with Crippen LogP contribution in [0.4, 0.5) is 18.0 Å². The number of alkyl halides is 3. The third-order valence-electron chi connectivity index (χ3n) is 10.5. The summed E-state index contributed by atoms with van der Waals surface area (Å²) in [5.74, 6) is -0.763. The molecule has 1 N–H and O–H groups in total. The van der Waals surface area contributed by atoms with Gasteiger partial charge in [-0.15, -0.1) is 0 Å². The Morgan fingerprint density at radius 2 is 1.58 bits per heavy atom. The number of amides is 2. The summed E-state index contributed by atoms with van der Waals surface area (Å²) in [6.07, 6.45) is -3.08. The van der Waals surface area contributed by atoms with Gasteiger partial charge in [0.25, 0.3) is 0 Å². The standard InChI is InChI=1S/C44H40F3N7O5/c1-57-32-18-19-35-38(22-32)54(42(51-35)44(45,46)47)26-39(55)53-25-31(52(24-28-11-5-3-6-12-28)43(56)59-27-29-13-7-4-8-14-29)17-20-37(53)40-48-23-36(49-40)33-21-30-15-9-10-16-34(30)50-41(33)58-2/h3-16,18-19,21-23,31,37H,17,20,24-27H2,1-2H3,(H,48,49)/t31-,37+/m1/s1. The molecule has 59 heavy (non-hydrogen) atoms. The number of pyridine rings is 1. The van der Waals surface area contributed by atoms with Gasteiger partial charge in [-0.2, -0.15) is 13.2 Å². The van der Waals surface area contributed by atoms with Gasteiger partial charge in [0.15, 0.2) is 0 Å². The number of fused-ring (bicyclic) bond motifs is 2. The van der Waals surface area contributed by atoms with Crippen molar-refractivity contribution in [2.45, 2.75) is 50.8 Å². The fourth-order valence-corrected chi connectivity index (χ4v) is 7.61. The maximum absolute atomic E-state index is 14.7. The molecule has 2 atom stereocenters.